The molecule has 0 spiro atoms. The van der Waals surface area contributed by atoms with Gasteiger partial charge in [-0.2, -0.15) is 11.8 Å². The minimum absolute atomic E-state index is 0.0405. The second kappa shape index (κ2) is 5.58. The van der Waals surface area contributed by atoms with Gasteiger partial charge < -0.3 is 4.90 Å². The number of rotatable bonds is 4. The Morgan fingerprint density at radius 2 is 2.18 bits per heavy atom. The van der Waals surface area contributed by atoms with Crippen LogP contribution in [0.25, 0.3) is 0 Å². The molecule has 0 saturated carbocycles. The van der Waals surface area contributed by atoms with Gasteiger partial charge in [0.1, 0.15) is 0 Å². The van der Waals surface area contributed by atoms with Crippen LogP contribution in [0, 0.1) is 0 Å². The molecule has 0 bridgehead atoms. The smallest absolute Gasteiger partial charge is 0.252 e. The van der Waals surface area contributed by atoms with Gasteiger partial charge in [-0.05, 0) is 18.1 Å². The second-order valence-electron chi connectivity index (χ2n) is 4.61. The molecule has 2 heterocycles. The predicted octanol–water partition coefficient (Wildman–Crippen LogP) is 2.01. The lowest BCUT2D eigenvalue weighted by Gasteiger charge is -2.16. The maximum atomic E-state index is 11.6. The van der Waals surface area contributed by atoms with Crippen LogP contribution in [0.5, 0.6) is 0 Å². The van der Waals surface area contributed by atoms with Gasteiger partial charge in [-0.15, -0.1) is 0 Å². The molecule has 0 atom stereocenters. The standard InChI is InChI=1S/C12H19N3OS/c1-9(2)17-8-10-7-11(16)14-12(13-10)15-5-3-4-6-15/h7,9H,3-6,8H2,1-2H3,(H,13,14,16). The summed E-state index contributed by atoms with van der Waals surface area (Å²) in [6.45, 7) is 6.31. The van der Waals surface area contributed by atoms with Crippen molar-refractivity contribution in [3.05, 3.63) is 22.1 Å². The van der Waals surface area contributed by atoms with Crippen LogP contribution in [-0.2, 0) is 5.75 Å². The van der Waals surface area contributed by atoms with Crippen molar-refractivity contribution in [1.82, 2.24) is 9.97 Å². The third-order valence-electron chi connectivity index (χ3n) is 2.75. The highest BCUT2D eigenvalue weighted by Gasteiger charge is 2.15. The van der Waals surface area contributed by atoms with Crippen LogP contribution < -0.4 is 10.5 Å². The molecule has 0 aliphatic carbocycles. The Hall–Kier alpha value is -0.970. The molecule has 0 amide bonds. The number of hydrogen-bond acceptors (Lipinski definition) is 4. The summed E-state index contributed by atoms with van der Waals surface area (Å²) < 4.78 is 0. The molecule has 0 aromatic carbocycles. The quantitative estimate of drug-likeness (QED) is 0.892. The SMILES string of the molecule is CC(C)SCc1cc(=O)[nH]c(N2CCCC2)n1. The molecule has 1 N–H and O–H groups in total. The van der Waals surface area contributed by atoms with Crippen LogP contribution >= 0.6 is 11.8 Å². The Labute approximate surface area is 106 Å². The summed E-state index contributed by atoms with van der Waals surface area (Å²) in [5.41, 5.74) is 0.843. The highest BCUT2D eigenvalue weighted by molar-refractivity contribution is 7.99. The third-order valence-corrected chi connectivity index (χ3v) is 3.88. The second-order valence-corrected chi connectivity index (χ2v) is 6.18. The Morgan fingerprint density at radius 1 is 1.47 bits per heavy atom. The number of nitrogens with one attached hydrogen (secondary N) is 1. The summed E-state index contributed by atoms with van der Waals surface area (Å²) in [5.74, 6) is 1.55. The van der Waals surface area contributed by atoms with Gasteiger partial charge in [-0.3, -0.25) is 9.78 Å². The molecule has 1 saturated heterocycles. The lowest BCUT2D eigenvalue weighted by molar-refractivity contribution is 0.877. The summed E-state index contributed by atoms with van der Waals surface area (Å²) in [6, 6.07) is 1.61. The van der Waals surface area contributed by atoms with Gasteiger partial charge in [0.05, 0.1) is 5.69 Å². The third kappa shape index (κ3) is 3.49. The molecule has 1 aliphatic rings. The van der Waals surface area contributed by atoms with Crippen molar-refractivity contribution in [1.29, 1.82) is 0 Å². The molecule has 1 aromatic rings. The van der Waals surface area contributed by atoms with Crippen LogP contribution in [-0.4, -0.2) is 28.3 Å². The summed E-state index contributed by atoms with van der Waals surface area (Å²) in [4.78, 5) is 21.1. The average molecular weight is 253 g/mol. The number of aromatic amines is 1. The van der Waals surface area contributed by atoms with E-state index >= 15 is 0 Å². The molecule has 2 rings (SSSR count). The minimum atomic E-state index is -0.0405. The molecule has 1 aromatic heterocycles. The van der Waals surface area contributed by atoms with Gasteiger partial charge in [0.2, 0.25) is 5.95 Å². The lowest BCUT2D eigenvalue weighted by Crippen LogP contribution is -2.24. The Kier molecular flexibility index (Phi) is 4.10. The monoisotopic (exact) mass is 253 g/mol. The maximum Gasteiger partial charge on any atom is 0.252 e. The fourth-order valence-electron chi connectivity index (χ4n) is 1.90. The summed E-state index contributed by atoms with van der Waals surface area (Å²) >= 11 is 1.81. The molecule has 5 heteroatoms. The molecular formula is C12H19N3OS. The fourth-order valence-corrected chi connectivity index (χ4v) is 2.55. The molecule has 94 valence electrons. The summed E-state index contributed by atoms with van der Waals surface area (Å²) in [5, 5.41) is 0.561. The van der Waals surface area contributed by atoms with Gasteiger partial charge in [-0.1, -0.05) is 13.8 Å². The van der Waals surface area contributed by atoms with Crippen molar-refractivity contribution >= 4 is 17.7 Å². The molecular weight excluding hydrogens is 234 g/mol. The zero-order chi connectivity index (χ0) is 12.3. The average Bonchev–Trinajstić information content (AvgIpc) is 2.79. The van der Waals surface area contributed by atoms with Gasteiger partial charge >= 0.3 is 0 Å². The topological polar surface area (TPSA) is 49.0 Å². The maximum absolute atomic E-state index is 11.6. The number of aromatic nitrogens is 2. The molecule has 1 fully saturated rings. The molecule has 1 aliphatic heterocycles. The fraction of sp³-hybridized carbons (Fsp3) is 0.667. The van der Waals surface area contributed by atoms with Crippen molar-refractivity contribution in [2.45, 2.75) is 37.7 Å². The highest BCUT2D eigenvalue weighted by Crippen LogP contribution is 2.18. The molecule has 17 heavy (non-hydrogen) atoms. The van der Waals surface area contributed by atoms with Gasteiger partial charge in [0.15, 0.2) is 0 Å². The van der Waals surface area contributed by atoms with Crippen LogP contribution in [0.4, 0.5) is 5.95 Å². The molecule has 0 radical (unpaired) electrons. The largest absolute Gasteiger partial charge is 0.342 e. The zero-order valence-corrected chi connectivity index (χ0v) is 11.2. The van der Waals surface area contributed by atoms with E-state index in [2.05, 4.69) is 28.7 Å². The number of thioether (sulfide) groups is 1. The molecule has 4 nitrogen and oxygen atoms in total. The van der Waals surface area contributed by atoms with E-state index < -0.39 is 0 Å². The lowest BCUT2D eigenvalue weighted by atomic mass is 10.4. The van der Waals surface area contributed by atoms with Crippen LogP contribution in [0.15, 0.2) is 10.9 Å². The first-order valence-corrected chi connectivity index (χ1v) is 7.17. The van der Waals surface area contributed by atoms with E-state index in [1.54, 1.807) is 6.07 Å². The van der Waals surface area contributed by atoms with Gasteiger partial charge in [0, 0.05) is 24.9 Å². The van der Waals surface area contributed by atoms with Crippen molar-refractivity contribution in [3.63, 3.8) is 0 Å². The minimum Gasteiger partial charge on any atom is -0.342 e. The van der Waals surface area contributed by atoms with E-state index in [-0.39, 0.29) is 5.56 Å². The number of anilines is 1. The Bertz CT molecular complexity index is 424. The van der Waals surface area contributed by atoms with E-state index in [1.165, 1.54) is 12.8 Å². The number of H-pyrrole nitrogens is 1. The highest BCUT2D eigenvalue weighted by atomic mass is 32.2. The Morgan fingerprint density at radius 3 is 2.82 bits per heavy atom. The Balaban J connectivity index is 2.14. The van der Waals surface area contributed by atoms with Crippen LogP contribution in [0.3, 0.4) is 0 Å². The summed E-state index contributed by atoms with van der Waals surface area (Å²) in [7, 11) is 0. The van der Waals surface area contributed by atoms with E-state index in [4.69, 9.17) is 0 Å². The predicted molar refractivity (Wildman–Crippen MR) is 72.7 cm³/mol. The summed E-state index contributed by atoms with van der Waals surface area (Å²) in [6.07, 6.45) is 2.38. The van der Waals surface area contributed by atoms with E-state index in [0.29, 0.717) is 5.25 Å². The zero-order valence-electron chi connectivity index (χ0n) is 10.4. The van der Waals surface area contributed by atoms with E-state index in [9.17, 15) is 4.79 Å². The number of hydrogen-bond donors (Lipinski definition) is 1. The van der Waals surface area contributed by atoms with E-state index in [0.717, 1.165) is 30.5 Å². The van der Waals surface area contributed by atoms with Crippen molar-refractivity contribution in [3.8, 4) is 0 Å². The van der Waals surface area contributed by atoms with Crippen molar-refractivity contribution in [2.24, 2.45) is 0 Å². The normalized spacial score (nSPS) is 15.8. The van der Waals surface area contributed by atoms with Gasteiger partial charge in [-0.25, -0.2) is 4.98 Å². The van der Waals surface area contributed by atoms with Crippen molar-refractivity contribution in [2.75, 3.05) is 18.0 Å². The van der Waals surface area contributed by atoms with Crippen LogP contribution in [0.2, 0.25) is 0 Å². The number of nitrogens with zero attached hydrogens (tertiary/aromatic N) is 2. The van der Waals surface area contributed by atoms with E-state index in [1.807, 2.05) is 11.8 Å². The van der Waals surface area contributed by atoms with Gasteiger partial charge in [0.25, 0.3) is 5.56 Å². The first-order chi connectivity index (χ1) is 8.15. The molecule has 0 unspecified atom stereocenters. The van der Waals surface area contributed by atoms with Crippen LogP contribution in [0.1, 0.15) is 32.4 Å². The first kappa shape index (κ1) is 12.5. The van der Waals surface area contributed by atoms with Crippen molar-refractivity contribution < 1.29 is 0 Å². The first-order valence-electron chi connectivity index (χ1n) is 6.12.